The third-order valence-electron chi connectivity index (χ3n) is 8.77. The lowest BCUT2D eigenvalue weighted by molar-refractivity contribution is 0.0774. The molecule has 3 heterocycles. The predicted octanol–water partition coefficient (Wildman–Crippen LogP) is 5.77. The van der Waals surface area contributed by atoms with Crippen molar-refractivity contribution in [2.75, 3.05) is 62.4 Å². The van der Waals surface area contributed by atoms with Gasteiger partial charge in [-0.1, -0.05) is 5.16 Å². The molecule has 1 unspecified atom stereocenters. The van der Waals surface area contributed by atoms with Crippen molar-refractivity contribution in [2.24, 2.45) is 10.1 Å². The largest absolute Gasteiger partial charge is 0.493 e. The number of rotatable bonds is 14. The van der Waals surface area contributed by atoms with Gasteiger partial charge in [0.1, 0.15) is 0 Å². The lowest BCUT2D eigenvalue weighted by Gasteiger charge is -2.20. The molecule has 1 amide bonds. The van der Waals surface area contributed by atoms with E-state index in [9.17, 15) is 4.79 Å². The second kappa shape index (κ2) is 14.8. The molecular formula is C36H41N3O10. The van der Waals surface area contributed by atoms with E-state index in [0.29, 0.717) is 83.3 Å². The summed E-state index contributed by atoms with van der Waals surface area (Å²) in [7, 11) is 9.40. The van der Waals surface area contributed by atoms with Gasteiger partial charge in [-0.25, -0.2) is 0 Å². The average molecular weight is 676 g/mol. The van der Waals surface area contributed by atoms with E-state index in [-0.39, 0.29) is 18.1 Å². The van der Waals surface area contributed by atoms with E-state index >= 15 is 0 Å². The Morgan fingerprint density at radius 3 is 2.06 bits per heavy atom. The van der Waals surface area contributed by atoms with E-state index in [1.165, 1.54) is 0 Å². The van der Waals surface area contributed by atoms with Gasteiger partial charge in [0.15, 0.2) is 40.6 Å². The average Bonchev–Trinajstić information content (AvgIpc) is 3.81. The quantitative estimate of drug-likeness (QED) is 0.194. The number of hydrogen-bond acceptors (Lipinski definition) is 12. The van der Waals surface area contributed by atoms with Crippen LogP contribution in [0.25, 0.3) is 0 Å². The zero-order valence-electron chi connectivity index (χ0n) is 28.6. The SMILES string of the molecule is COc1cc2c(cc1OCCCOc1c(OC)cc(C3=NOC(c4cc(OC)c(OC)c(OC)c4)C3)cc1OC)N=C[C@@H]1CCCN1C2=O. The normalized spacial score (nSPS) is 17.7. The van der Waals surface area contributed by atoms with Crippen molar-refractivity contribution in [3.63, 3.8) is 0 Å². The molecule has 13 heteroatoms. The highest BCUT2D eigenvalue weighted by molar-refractivity contribution is 6.04. The number of aliphatic imine (C=N–C) groups is 1. The Kier molecular flexibility index (Phi) is 10.2. The first-order chi connectivity index (χ1) is 23.9. The molecule has 0 N–H and O–H groups in total. The molecule has 0 spiro atoms. The molecule has 6 rings (SSSR count). The summed E-state index contributed by atoms with van der Waals surface area (Å²) in [5.41, 5.74) is 3.42. The van der Waals surface area contributed by atoms with Gasteiger partial charge < -0.3 is 47.6 Å². The summed E-state index contributed by atoms with van der Waals surface area (Å²) >= 11 is 0. The van der Waals surface area contributed by atoms with E-state index in [4.69, 9.17) is 42.7 Å². The number of carbonyl (C=O) groups excluding carboxylic acids is 1. The number of oxime groups is 1. The number of hydrogen-bond donors (Lipinski definition) is 0. The highest BCUT2D eigenvalue weighted by Crippen LogP contribution is 2.44. The highest BCUT2D eigenvalue weighted by Gasteiger charge is 2.33. The third-order valence-corrected chi connectivity index (χ3v) is 8.77. The molecule has 0 saturated carbocycles. The fourth-order valence-corrected chi connectivity index (χ4v) is 6.24. The molecule has 0 aliphatic carbocycles. The van der Waals surface area contributed by atoms with Gasteiger partial charge in [-0.15, -0.1) is 0 Å². The van der Waals surface area contributed by atoms with Gasteiger partial charge in [-0.3, -0.25) is 9.79 Å². The van der Waals surface area contributed by atoms with Crippen molar-refractivity contribution in [3.8, 4) is 46.0 Å². The minimum Gasteiger partial charge on any atom is -0.493 e. The second-order valence-corrected chi connectivity index (χ2v) is 11.6. The molecule has 49 heavy (non-hydrogen) atoms. The summed E-state index contributed by atoms with van der Waals surface area (Å²) in [6.45, 7) is 1.38. The zero-order valence-corrected chi connectivity index (χ0v) is 28.6. The van der Waals surface area contributed by atoms with Gasteiger partial charge >= 0.3 is 0 Å². The van der Waals surface area contributed by atoms with Gasteiger partial charge in [-0.2, -0.15) is 0 Å². The first-order valence-corrected chi connectivity index (χ1v) is 16.0. The molecule has 2 atom stereocenters. The maximum absolute atomic E-state index is 13.2. The smallest absolute Gasteiger partial charge is 0.256 e. The van der Waals surface area contributed by atoms with Crippen LogP contribution in [0.3, 0.4) is 0 Å². The number of ether oxygens (including phenoxy) is 8. The summed E-state index contributed by atoms with van der Waals surface area (Å²) in [5, 5.41) is 4.37. The van der Waals surface area contributed by atoms with Crippen LogP contribution in [-0.4, -0.2) is 91.2 Å². The number of nitrogens with zero attached hydrogens (tertiary/aromatic N) is 3. The Labute approximate surface area is 285 Å². The fourth-order valence-electron chi connectivity index (χ4n) is 6.24. The van der Waals surface area contributed by atoms with Gasteiger partial charge in [0.25, 0.3) is 5.91 Å². The third kappa shape index (κ3) is 6.70. The van der Waals surface area contributed by atoms with Gasteiger partial charge in [0.2, 0.25) is 11.5 Å². The molecule has 3 aromatic rings. The summed E-state index contributed by atoms with van der Waals surface area (Å²) < 4.78 is 45.6. The lowest BCUT2D eigenvalue weighted by atomic mass is 9.99. The fraction of sp³-hybridized carbons (Fsp3) is 0.417. The van der Waals surface area contributed by atoms with Gasteiger partial charge in [-0.05, 0) is 43.2 Å². The van der Waals surface area contributed by atoms with E-state index in [1.54, 1.807) is 54.8 Å². The van der Waals surface area contributed by atoms with Crippen LogP contribution in [0.2, 0.25) is 0 Å². The molecule has 0 aromatic heterocycles. The van der Waals surface area contributed by atoms with Crippen LogP contribution in [0.5, 0.6) is 46.0 Å². The molecule has 3 aliphatic rings. The second-order valence-electron chi connectivity index (χ2n) is 11.6. The van der Waals surface area contributed by atoms with E-state index in [0.717, 1.165) is 36.2 Å². The summed E-state index contributed by atoms with van der Waals surface area (Å²) in [6.07, 6.45) is 4.42. The number of amides is 1. The van der Waals surface area contributed by atoms with Crippen LogP contribution >= 0.6 is 0 Å². The Morgan fingerprint density at radius 2 is 1.41 bits per heavy atom. The molecule has 0 radical (unpaired) electrons. The maximum Gasteiger partial charge on any atom is 0.256 e. The molecular weight excluding hydrogens is 634 g/mol. The zero-order chi connectivity index (χ0) is 34.5. The van der Waals surface area contributed by atoms with Gasteiger partial charge in [0.05, 0.1) is 78.9 Å². The Bertz CT molecular complexity index is 1710. The molecule has 3 aliphatic heterocycles. The van der Waals surface area contributed by atoms with E-state index < -0.39 is 0 Å². The minimum absolute atomic E-state index is 0.0282. The molecule has 1 saturated heterocycles. The molecule has 260 valence electrons. The molecule has 3 aromatic carbocycles. The summed E-state index contributed by atoms with van der Waals surface area (Å²) in [6, 6.07) is 10.9. The Balaban J connectivity index is 1.10. The predicted molar refractivity (Wildman–Crippen MR) is 181 cm³/mol. The Morgan fingerprint density at radius 1 is 0.755 bits per heavy atom. The molecule has 0 bridgehead atoms. The van der Waals surface area contributed by atoms with Crippen LogP contribution in [-0.2, 0) is 4.84 Å². The topological polar surface area (TPSA) is 128 Å². The number of benzene rings is 3. The number of fused-ring (bicyclic) bond motifs is 2. The Hall–Kier alpha value is -5.33. The standard InChI is InChI=1S/C36H41N3O10/c1-41-28-17-24-26(37-20-23-9-7-10-39(23)36(24)40)19-29(28)47-11-8-12-48-35-32(44-4)13-21(14-33(35)45-5)25-18-27(49-38-25)22-15-30(42-2)34(46-6)31(16-22)43-3/h13-17,19-20,23,27H,7-12,18H2,1-6H3/t23-,27?/m0/s1. The number of methoxy groups -OCH3 is 6. The monoisotopic (exact) mass is 675 g/mol. The molecule has 1 fully saturated rings. The van der Waals surface area contributed by atoms with Crippen molar-refractivity contribution in [2.45, 2.75) is 37.8 Å². The van der Waals surface area contributed by atoms with Crippen LogP contribution in [0.1, 0.15) is 53.3 Å². The van der Waals surface area contributed by atoms with Crippen molar-refractivity contribution in [1.29, 1.82) is 0 Å². The minimum atomic E-state index is -0.362. The summed E-state index contributed by atoms with van der Waals surface area (Å²) in [5.74, 6) is 3.97. The van der Waals surface area contributed by atoms with Crippen molar-refractivity contribution < 1.29 is 47.5 Å². The van der Waals surface area contributed by atoms with Crippen molar-refractivity contribution in [3.05, 3.63) is 53.1 Å². The summed E-state index contributed by atoms with van der Waals surface area (Å²) in [4.78, 5) is 25.5. The van der Waals surface area contributed by atoms with E-state index in [2.05, 4.69) is 10.1 Å². The van der Waals surface area contributed by atoms with E-state index in [1.807, 2.05) is 35.4 Å². The first-order valence-electron chi connectivity index (χ1n) is 16.0. The number of carbonyl (C=O) groups is 1. The highest BCUT2D eigenvalue weighted by atomic mass is 16.6. The maximum atomic E-state index is 13.2. The molecule has 13 nitrogen and oxygen atoms in total. The van der Waals surface area contributed by atoms with Crippen LogP contribution in [0, 0.1) is 0 Å². The van der Waals surface area contributed by atoms with Gasteiger partial charge in [0, 0.05) is 42.8 Å². The van der Waals surface area contributed by atoms with Crippen LogP contribution in [0.15, 0.2) is 46.5 Å². The van der Waals surface area contributed by atoms with Crippen LogP contribution < -0.4 is 37.9 Å². The van der Waals surface area contributed by atoms with Crippen molar-refractivity contribution in [1.82, 2.24) is 4.90 Å². The van der Waals surface area contributed by atoms with Crippen molar-refractivity contribution >= 4 is 23.5 Å². The first kappa shape index (κ1) is 33.6. The lowest BCUT2D eigenvalue weighted by Crippen LogP contribution is -2.35. The van der Waals surface area contributed by atoms with Crippen LogP contribution in [0.4, 0.5) is 5.69 Å².